The van der Waals surface area contributed by atoms with Gasteiger partial charge in [0.1, 0.15) is 12.1 Å². The van der Waals surface area contributed by atoms with Crippen molar-refractivity contribution >= 4 is 40.6 Å². The summed E-state index contributed by atoms with van der Waals surface area (Å²) < 4.78 is 0. The number of aromatic nitrogens is 3. The first-order valence-corrected chi connectivity index (χ1v) is 17.4. The van der Waals surface area contributed by atoms with E-state index < -0.39 is 29.5 Å². The number of aryl methyl sites for hydroxylation is 1. The maximum absolute atomic E-state index is 14.1. The van der Waals surface area contributed by atoms with Crippen LogP contribution in [0.2, 0.25) is 0 Å². The Hall–Kier alpha value is -4.18. The van der Waals surface area contributed by atoms with Gasteiger partial charge in [-0.05, 0) is 36.5 Å². The maximum atomic E-state index is 14.1. The van der Waals surface area contributed by atoms with Gasteiger partial charge in [0.25, 0.3) is 0 Å². The summed E-state index contributed by atoms with van der Waals surface area (Å²) >= 11 is 1.58. The largest absolute Gasteiger partial charge is 0.391 e. The van der Waals surface area contributed by atoms with Gasteiger partial charge in [-0.1, -0.05) is 45.0 Å². The lowest BCUT2D eigenvalue weighted by Crippen LogP contribution is -2.59. The zero-order valence-electron chi connectivity index (χ0n) is 28.7. The van der Waals surface area contributed by atoms with Crippen molar-refractivity contribution in [2.45, 2.75) is 71.9 Å². The van der Waals surface area contributed by atoms with Gasteiger partial charge in [-0.2, -0.15) is 5.10 Å². The number of aliphatic hydroxyl groups excluding tert-OH is 2. The molecule has 1 aromatic carbocycles. The van der Waals surface area contributed by atoms with Gasteiger partial charge in [0.2, 0.25) is 17.7 Å². The number of aliphatic hydroxyl groups is 2. The highest BCUT2D eigenvalue weighted by molar-refractivity contribution is 7.13. The Bertz CT molecular complexity index is 1640. The lowest BCUT2D eigenvalue weighted by molar-refractivity contribution is -0.144. The van der Waals surface area contributed by atoms with Gasteiger partial charge < -0.3 is 36.4 Å². The van der Waals surface area contributed by atoms with E-state index >= 15 is 0 Å². The van der Waals surface area contributed by atoms with Crippen LogP contribution in [0, 0.1) is 12.3 Å². The first-order chi connectivity index (χ1) is 23.2. The summed E-state index contributed by atoms with van der Waals surface area (Å²) in [4.78, 5) is 51.8. The first kappa shape index (κ1) is 36.1. The Morgan fingerprint density at radius 2 is 1.78 bits per heavy atom. The molecular formula is C34H47N9O5S. The van der Waals surface area contributed by atoms with Crippen molar-refractivity contribution in [3.05, 3.63) is 52.8 Å². The molecule has 49 heavy (non-hydrogen) atoms. The van der Waals surface area contributed by atoms with Crippen LogP contribution in [0.4, 0.5) is 11.5 Å². The number of nitrogens with one attached hydrogen (secondary N) is 2. The number of nitrogens with zero attached hydrogens (tertiary/aromatic N) is 6. The molecule has 0 aliphatic carbocycles. The number of amides is 3. The third-order valence-electron chi connectivity index (χ3n) is 9.15. The normalized spacial score (nSPS) is 19.8. The number of carbonyl (C=O) groups is 3. The number of piperazine rings is 1. The quantitative estimate of drug-likeness (QED) is 0.207. The van der Waals surface area contributed by atoms with Crippen LogP contribution >= 0.6 is 11.3 Å². The Kier molecular flexibility index (Phi) is 11.2. The molecule has 3 aromatic rings. The zero-order chi connectivity index (χ0) is 35.5. The highest BCUT2D eigenvalue weighted by Crippen LogP contribution is 2.30. The second-order valence-corrected chi connectivity index (χ2v) is 14.8. The fourth-order valence-electron chi connectivity index (χ4n) is 6.33. The van der Waals surface area contributed by atoms with Gasteiger partial charge in [0.15, 0.2) is 5.82 Å². The topological polar surface area (TPSA) is 190 Å². The molecule has 0 spiro atoms. The van der Waals surface area contributed by atoms with E-state index in [-0.39, 0.29) is 49.8 Å². The molecule has 2 unspecified atom stereocenters. The van der Waals surface area contributed by atoms with E-state index in [1.807, 2.05) is 74.2 Å². The number of anilines is 2. The van der Waals surface area contributed by atoms with Crippen LogP contribution in [0.5, 0.6) is 0 Å². The number of likely N-dealkylation sites (tertiary alicyclic amines) is 1. The number of rotatable bonds is 10. The van der Waals surface area contributed by atoms with Crippen LogP contribution in [0.15, 0.2) is 35.8 Å². The van der Waals surface area contributed by atoms with E-state index in [0.717, 1.165) is 21.7 Å². The minimum atomic E-state index is -0.915. The van der Waals surface area contributed by atoms with Gasteiger partial charge in [-0.3, -0.25) is 19.3 Å². The molecule has 2 saturated heterocycles. The summed E-state index contributed by atoms with van der Waals surface area (Å²) in [7, 11) is 0. The highest BCUT2D eigenvalue weighted by atomic mass is 32.1. The Morgan fingerprint density at radius 3 is 2.39 bits per heavy atom. The van der Waals surface area contributed by atoms with Gasteiger partial charge in [-0.15, -0.1) is 16.4 Å². The summed E-state index contributed by atoms with van der Waals surface area (Å²) in [6, 6.07) is 7.54. The second-order valence-electron chi connectivity index (χ2n) is 13.9. The summed E-state index contributed by atoms with van der Waals surface area (Å²) in [6.07, 6.45) is -0.747. The Balaban J connectivity index is 1.19. The highest BCUT2D eigenvalue weighted by Gasteiger charge is 2.44. The minimum absolute atomic E-state index is 0.00357. The number of carbonyl (C=O) groups excluding carboxylic acids is 3. The summed E-state index contributed by atoms with van der Waals surface area (Å²) in [6.45, 7) is 11.6. The third-order valence-corrected chi connectivity index (χ3v) is 10.1. The molecule has 2 aliphatic rings. The third kappa shape index (κ3) is 8.52. The lowest BCUT2D eigenvalue weighted by atomic mass is 9.85. The van der Waals surface area contributed by atoms with Crippen molar-refractivity contribution < 1.29 is 24.6 Å². The van der Waals surface area contributed by atoms with E-state index in [4.69, 9.17) is 5.73 Å². The molecule has 14 nitrogen and oxygen atoms in total. The van der Waals surface area contributed by atoms with Crippen LogP contribution in [0.1, 0.15) is 57.1 Å². The number of nitrogen functional groups attached to an aromatic ring is 1. The molecule has 0 radical (unpaired) electrons. The molecule has 2 aromatic heterocycles. The number of hydrogen-bond acceptors (Lipinski definition) is 12. The van der Waals surface area contributed by atoms with Crippen molar-refractivity contribution in [1.82, 2.24) is 35.6 Å². The van der Waals surface area contributed by atoms with E-state index in [9.17, 15) is 24.6 Å². The Morgan fingerprint density at radius 1 is 1.08 bits per heavy atom. The number of hydrogen-bond donors (Lipinski definition) is 5. The van der Waals surface area contributed by atoms with Gasteiger partial charge in [0, 0.05) is 39.1 Å². The van der Waals surface area contributed by atoms with E-state index in [2.05, 4.69) is 25.8 Å². The molecule has 4 atom stereocenters. The fraction of sp³-hybridized carbons (Fsp3) is 0.529. The summed E-state index contributed by atoms with van der Waals surface area (Å²) in [5.74, 6) is -0.784. The number of thiazole rings is 1. The van der Waals surface area contributed by atoms with Crippen molar-refractivity contribution in [3.8, 4) is 10.4 Å². The molecule has 2 fully saturated rings. The first-order valence-electron chi connectivity index (χ1n) is 16.5. The molecule has 15 heteroatoms. The predicted molar refractivity (Wildman–Crippen MR) is 187 cm³/mol. The number of nitrogens with two attached hydrogens (primary N) is 1. The molecule has 2 aliphatic heterocycles. The average Bonchev–Trinajstić information content (AvgIpc) is 3.68. The zero-order valence-corrected chi connectivity index (χ0v) is 29.5. The molecule has 3 amide bonds. The SMILES string of the molecule is Cc1ncsc1-c1ccc(C(C)NC(=O)[C@@H]2C[C@@H](O)CN2C(=O)C(NC(=O)CN2CCN(c3cc(CO)nnc3N)CC2)C(C)(C)C)cc1. The molecule has 264 valence electrons. The molecule has 5 rings (SSSR count). The van der Waals surface area contributed by atoms with Crippen LogP contribution in [-0.4, -0.2) is 110 Å². The smallest absolute Gasteiger partial charge is 0.246 e. The van der Waals surface area contributed by atoms with Crippen molar-refractivity contribution in [3.63, 3.8) is 0 Å². The van der Waals surface area contributed by atoms with E-state index in [0.29, 0.717) is 37.6 Å². The molecule has 0 bridgehead atoms. The second kappa shape index (κ2) is 15.2. The predicted octanol–water partition coefficient (Wildman–Crippen LogP) is 1.48. The number of benzene rings is 1. The number of β-amino-alcohol motifs (C(OH)–C–C–N with tert-alkyl or cyclic N) is 1. The van der Waals surface area contributed by atoms with E-state index in [1.54, 1.807) is 17.4 Å². The van der Waals surface area contributed by atoms with Crippen LogP contribution in [0.3, 0.4) is 0 Å². The monoisotopic (exact) mass is 693 g/mol. The Labute approximate surface area is 290 Å². The molecule has 6 N–H and O–H groups in total. The standard InChI is InChI=1S/C34H47N9O5S/c1-20(22-6-8-23(9-7-22)29-21(2)36-19-49-29)37-32(47)27-15-25(45)16-43(27)33(48)30(34(3,4)5)38-28(46)17-41-10-12-42(13-11-41)26-14-24(18-44)39-40-31(26)35/h6-9,14,19-20,25,27,30,44-45H,10-13,15-18H2,1-5H3,(H2,35,40)(H,37,47)(H,38,46)/t20?,25-,27+,30?/m1/s1. The minimum Gasteiger partial charge on any atom is -0.391 e. The van der Waals surface area contributed by atoms with E-state index in [1.165, 1.54) is 4.90 Å². The van der Waals surface area contributed by atoms with Crippen molar-refractivity contribution in [2.75, 3.05) is 49.9 Å². The lowest BCUT2D eigenvalue weighted by Gasteiger charge is -2.38. The maximum Gasteiger partial charge on any atom is 0.246 e. The van der Waals surface area contributed by atoms with Crippen molar-refractivity contribution in [2.24, 2.45) is 5.41 Å². The average molecular weight is 694 g/mol. The van der Waals surface area contributed by atoms with Crippen LogP contribution < -0.4 is 21.3 Å². The molecular weight excluding hydrogens is 646 g/mol. The molecule has 4 heterocycles. The van der Waals surface area contributed by atoms with Crippen LogP contribution in [0.25, 0.3) is 10.4 Å². The van der Waals surface area contributed by atoms with Crippen molar-refractivity contribution in [1.29, 1.82) is 0 Å². The molecule has 0 saturated carbocycles. The summed E-state index contributed by atoms with van der Waals surface area (Å²) in [5, 5.41) is 33.8. The van der Waals surface area contributed by atoms with Gasteiger partial charge in [-0.25, -0.2) is 4.98 Å². The van der Waals surface area contributed by atoms with Gasteiger partial charge >= 0.3 is 0 Å². The van der Waals surface area contributed by atoms with Crippen LogP contribution in [-0.2, 0) is 21.0 Å². The summed E-state index contributed by atoms with van der Waals surface area (Å²) in [5.41, 5.74) is 11.2. The fourth-order valence-corrected chi connectivity index (χ4v) is 7.14. The van der Waals surface area contributed by atoms with Gasteiger partial charge in [0.05, 0.1) is 52.8 Å².